The molecule has 6 atom stereocenters. The predicted octanol–water partition coefficient (Wildman–Crippen LogP) is 6.21. The summed E-state index contributed by atoms with van der Waals surface area (Å²) in [6.45, 7) is 1.53. The maximum Gasteiger partial charge on any atom is 0.187 e. The Kier molecular flexibility index (Phi) is 8.95. The van der Waals surface area contributed by atoms with Gasteiger partial charge in [0.2, 0.25) is 0 Å². The van der Waals surface area contributed by atoms with Crippen LogP contribution in [0.15, 0.2) is 121 Å². The molecule has 4 aromatic rings. The molecule has 0 amide bonds. The predicted molar refractivity (Wildman–Crippen MR) is 150 cm³/mol. The van der Waals surface area contributed by atoms with Gasteiger partial charge < -0.3 is 28.4 Å². The van der Waals surface area contributed by atoms with E-state index in [4.69, 9.17) is 28.4 Å². The van der Waals surface area contributed by atoms with Crippen molar-refractivity contribution in [3.05, 3.63) is 144 Å². The lowest BCUT2D eigenvalue weighted by Gasteiger charge is -2.49. The summed E-state index contributed by atoms with van der Waals surface area (Å²) in [5, 5.41) is 0. The van der Waals surface area contributed by atoms with E-state index >= 15 is 0 Å². The second-order valence-corrected chi connectivity index (χ2v) is 10.0. The van der Waals surface area contributed by atoms with Crippen molar-refractivity contribution in [1.29, 1.82) is 0 Å². The molecular formula is C34H34O6. The molecule has 2 heterocycles. The minimum atomic E-state index is -0.675. The highest BCUT2D eigenvalue weighted by molar-refractivity contribution is 5.18. The third kappa shape index (κ3) is 6.67. The van der Waals surface area contributed by atoms with Gasteiger partial charge in [0, 0.05) is 5.56 Å². The number of fused-ring (bicyclic) bond motifs is 1. The molecule has 40 heavy (non-hydrogen) atoms. The number of benzene rings is 4. The van der Waals surface area contributed by atoms with Crippen LogP contribution in [0.3, 0.4) is 0 Å². The van der Waals surface area contributed by atoms with E-state index in [0.717, 1.165) is 22.3 Å². The summed E-state index contributed by atoms with van der Waals surface area (Å²) in [6.07, 6.45) is -2.99. The van der Waals surface area contributed by atoms with E-state index in [-0.39, 0.29) is 6.10 Å². The Bertz CT molecular complexity index is 1290. The third-order valence-electron chi connectivity index (χ3n) is 7.18. The average molecular weight is 539 g/mol. The van der Waals surface area contributed by atoms with Crippen molar-refractivity contribution >= 4 is 0 Å². The fourth-order valence-electron chi connectivity index (χ4n) is 5.11. The van der Waals surface area contributed by atoms with Gasteiger partial charge in [-0.1, -0.05) is 121 Å². The molecule has 4 aromatic carbocycles. The second kappa shape index (κ2) is 13.3. The zero-order chi connectivity index (χ0) is 27.0. The molecule has 0 radical (unpaired) electrons. The summed E-state index contributed by atoms with van der Waals surface area (Å²) >= 11 is 0. The summed E-state index contributed by atoms with van der Waals surface area (Å²) < 4.78 is 38.8. The van der Waals surface area contributed by atoms with Gasteiger partial charge in [0.15, 0.2) is 12.6 Å². The molecule has 6 rings (SSSR count). The van der Waals surface area contributed by atoms with Gasteiger partial charge in [0.05, 0.1) is 26.4 Å². The molecule has 0 aliphatic carbocycles. The van der Waals surface area contributed by atoms with Crippen LogP contribution in [0.2, 0.25) is 0 Å². The Morgan fingerprint density at radius 1 is 0.525 bits per heavy atom. The lowest BCUT2D eigenvalue weighted by atomic mass is 9.97. The fourth-order valence-corrected chi connectivity index (χ4v) is 5.11. The first-order chi connectivity index (χ1) is 19.8. The molecule has 6 nitrogen and oxygen atoms in total. The number of hydrogen-bond acceptors (Lipinski definition) is 6. The maximum atomic E-state index is 6.64. The Morgan fingerprint density at radius 2 is 1.00 bits per heavy atom. The van der Waals surface area contributed by atoms with Crippen molar-refractivity contribution < 1.29 is 28.4 Å². The minimum absolute atomic E-state index is 0.353. The normalized spacial score (nSPS) is 26.2. The first kappa shape index (κ1) is 26.8. The zero-order valence-corrected chi connectivity index (χ0v) is 22.3. The Hall–Kier alpha value is -3.36. The van der Waals surface area contributed by atoms with Crippen molar-refractivity contribution in [3.63, 3.8) is 0 Å². The summed E-state index contributed by atoms with van der Waals surface area (Å²) in [4.78, 5) is 0. The molecule has 0 bridgehead atoms. The van der Waals surface area contributed by atoms with E-state index in [1.807, 2.05) is 109 Å². The van der Waals surface area contributed by atoms with E-state index in [1.165, 1.54) is 0 Å². The largest absolute Gasteiger partial charge is 0.368 e. The Labute approximate surface area is 235 Å². The minimum Gasteiger partial charge on any atom is -0.368 e. The fraction of sp³-hybridized carbons (Fsp3) is 0.294. The van der Waals surface area contributed by atoms with E-state index in [9.17, 15) is 0 Å². The molecule has 0 aromatic heterocycles. The van der Waals surface area contributed by atoms with Crippen LogP contribution in [-0.4, -0.2) is 37.3 Å². The topological polar surface area (TPSA) is 55.4 Å². The summed E-state index contributed by atoms with van der Waals surface area (Å²) in [5.41, 5.74) is 4.13. The van der Waals surface area contributed by atoms with Crippen LogP contribution in [0, 0.1) is 0 Å². The van der Waals surface area contributed by atoms with Gasteiger partial charge in [-0.15, -0.1) is 0 Å². The van der Waals surface area contributed by atoms with Crippen molar-refractivity contribution in [2.75, 3.05) is 6.61 Å². The molecule has 0 spiro atoms. The standard InChI is InChI=1S/C34H34O6/c1-5-13-25(14-6-1)21-35-31-30-29(24-38-33(40-30)28-19-11-4-12-20-28)39-34(37-23-27-17-9-3-10-18-27)32(31)36-22-26-15-7-2-8-16-26/h1-20,29-34H,21-24H2/t29?,30-,31?,32+,33?,34-/m1/s1. The second-order valence-electron chi connectivity index (χ2n) is 10.0. The molecule has 0 saturated carbocycles. The average Bonchev–Trinajstić information content (AvgIpc) is 3.03. The van der Waals surface area contributed by atoms with Gasteiger partial charge in [0.1, 0.15) is 24.4 Å². The van der Waals surface area contributed by atoms with E-state index in [0.29, 0.717) is 26.4 Å². The maximum absolute atomic E-state index is 6.64. The van der Waals surface area contributed by atoms with Crippen LogP contribution in [0.25, 0.3) is 0 Å². The van der Waals surface area contributed by atoms with E-state index < -0.39 is 30.9 Å². The van der Waals surface area contributed by atoms with Crippen LogP contribution >= 0.6 is 0 Å². The summed E-state index contributed by atoms with van der Waals surface area (Å²) in [6, 6.07) is 40.2. The molecule has 2 saturated heterocycles. The monoisotopic (exact) mass is 538 g/mol. The smallest absolute Gasteiger partial charge is 0.187 e. The van der Waals surface area contributed by atoms with Crippen molar-refractivity contribution in [3.8, 4) is 0 Å². The zero-order valence-electron chi connectivity index (χ0n) is 22.3. The molecule has 206 valence electrons. The first-order valence-corrected chi connectivity index (χ1v) is 13.8. The lowest BCUT2D eigenvalue weighted by Crippen LogP contribution is -2.63. The quantitative estimate of drug-likeness (QED) is 0.239. The lowest BCUT2D eigenvalue weighted by molar-refractivity contribution is -0.374. The van der Waals surface area contributed by atoms with Gasteiger partial charge in [-0.25, -0.2) is 0 Å². The van der Waals surface area contributed by atoms with Crippen molar-refractivity contribution in [2.45, 2.75) is 56.8 Å². The number of rotatable bonds is 10. The molecule has 6 heteroatoms. The number of ether oxygens (including phenoxy) is 6. The highest BCUT2D eigenvalue weighted by atomic mass is 16.8. The van der Waals surface area contributed by atoms with Crippen LogP contribution in [0.4, 0.5) is 0 Å². The molecule has 2 fully saturated rings. The molecule has 0 N–H and O–H groups in total. The molecule has 3 unspecified atom stereocenters. The van der Waals surface area contributed by atoms with Gasteiger partial charge in [-0.05, 0) is 16.7 Å². The van der Waals surface area contributed by atoms with Crippen LogP contribution in [0.1, 0.15) is 28.5 Å². The van der Waals surface area contributed by atoms with Crippen LogP contribution in [0.5, 0.6) is 0 Å². The van der Waals surface area contributed by atoms with Gasteiger partial charge in [-0.3, -0.25) is 0 Å². The summed E-state index contributed by atoms with van der Waals surface area (Å²) in [7, 11) is 0. The van der Waals surface area contributed by atoms with E-state index in [2.05, 4.69) is 12.1 Å². The third-order valence-corrected chi connectivity index (χ3v) is 7.18. The van der Waals surface area contributed by atoms with E-state index in [1.54, 1.807) is 0 Å². The van der Waals surface area contributed by atoms with Crippen LogP contribution in [-0.2, 0) is 48.2 Å². The molecule has 2 aliphatic heterocycles. The molecular weight excluding hydrogens is 504 g/mol. The van der Waals surface area contributed by atoms with Gasteiger partial charge in [0.25, 0.3) is 0 Å². The van der Waals surface area contributed by atoms with Gasteiger partial charge >= 0.3 is 0 Å². The van der Waals surface area contributed by atoms with Crippen LogP contribution < -0.4 is 0 Å². The highest BCUT2D eigenvalue weighted by Crippen LogP contribution is 2.37. The number of hydrogen-bond donors (Lipinski definition) is 0. The highest BCUT2D eigenvalue weighted by Gasteiger charge is 2.51. The first-order valence-electron chi connectivity index (χ1n) is 13.8. The molecule has 2 aliphatic rings. The van der Waals surface area contributed by atoms with Crippen molar-refractivity contribution in [1.82, 2.24) is 0 Å². The Balaban J connectivity index is 1.27. The SMILES string of the molecule is c1ccc(COC2[C@@H]3OC(c4ccccc4)OCC3O[C@@H](OCc3ccccc3)[C@H]2OCc2ccccc2)cc1. The summed E-state index contributed by atoms with van der Waals surface area (Å²) in [5.74, 6) is 0. The van der Waals surface area contributed by atoms with Crippen molar-refractivity contribution in [2.24, 2.45) is 0 Å². The Morgan fingerprint density at radius 3 is 1.55 bits per heavy atom. The van der Waals surface area contributed by atoms with Gasteiger partial charge in [-0.2, -0.15) is 0 Å².